The molecule has 124 valence electrons. The highest BCUT2D eigenvalue weighted by Crippen LogP contribution is 2.36. The molecule has 1 aliphatic heterocycles. The van der Waals surface area contributed by atoms with E-state index in [2.05, 4.69) is 0 Å². The minimum atomic E-state index is -0.625. The molecule has 0 spiro atoms. The molecule has 1 heterocycles. The zero-order valence-electron chi connectivity index (χ0n) is 14.4. The van der Waals surface area contributed by atoms with Gasteiger partial charge in [-0.05, 0) is 58.1 Å². The fourth-order valence-corrected chi connectivity index (χ4v) is 2.65. The predicted molar refractivity (Wildman–Crippen MR) is 87.2 cm³/mol. The lowest BCUT2D eigenvalue weighted by molar-refractivity contribution is 0.00578. The Balaban J connectivity index is 1.81. The summed E-state index contributed by atoms with van der Waals surface area (Å²) in [5, 5.41) is 0. The molecule has 0 unspecified atom stereocenters. The van der Waals surface area contributed by atoms with Crippen LogP contribution in [0.2, 0.25) is 0 Å². The number of nitrogens with zero attached hydrogens (tertiary/aromatic N) is 1. The van der Waals surface area contributed by atoms with Gasteiger partial charge in [-0.25, -0.2) is 4.39 Å². The molecule has 0 aromatic heterocycles. The van der Waals surface area contributed by atoms with Crippen LogP contribution in [0.3, 0.4) is 0 Å². The maximum Gasteiger partial charge on any atom is 0.494 e. The standard InChI is InChI=1S/C17H23BFNO3/c1-16(2)17(3,4)23-18(22-16)11-6-9-13(14(19)10-11)15(21)20(5)12-7-8-12/h6,9-10,12H,7-8H2,1-5H3. The summed E-state index contributed by atoms with van der Waals surface area (Å²) in [6, 6.07) is 4.83. The summed E-state index contributed by atoms with van der Waals surface area (Å²) in [6.45, 7) is 7.80. The van der Waals surface area contributed by atoms with E-state index in [0.717, 1.165) is 12.8 Å². The van der Waals surface area contributed by atoms with Gasteiger partial charge in [-0.15, -0.1) is 0 Å². The first kappa shape index (κ1) is 16.5. The van der Waals surface area contributed by atoms with Crippen LogP contribution in [0.15, 0.2) is 18.2 Å². The second-order valence-corrected chi connectivity index (χ2v) is 7.47. The molecule has 2 fully saturated rings. The van der Waals surface area contributed by atoms with E-state index in [1.54, 1.807) is 18.0 Å². The molecular formula is C17H23BFNO3. The lowest BCUT2D eigenvalue weighted by Gasteiger charge is -2.32. The monoisotopic (exact) mass is 319 g/mol. The van der Waals surface area contributed by atoms with Crippen molar-refractivity contribution in [2.45, 2.75) is 57.8 Å². The average Bonchev–Trinajstić information content (AvgIpc) is 3.25. The van der Waals surface area contributed by atoms with E-state index in [1.807, 2.05) is 27.7 Å². The van der Waals surface area contributed by atoms with Gasteiger partial charge in [0.15, 0.2) is 0 Å². The Hall–Kier alpha value is -1.40. The van der Waals surface area contributed by atoms with Crippen molar-refractivity contribution in [3.63, 3.8) is 0 Å². The number of benzene rings is 1. The highest BCUT2D eigenvalue weighted by atomic mass is 19.1. The fraction of sp³-hybridized carbons (Fsp3) is 0.588. The van der Waals surface area contributed by atoms with Gasteiger partial charge in [-0.2, -0.15) is 0 Å². The molecule has 0 atom stereocenters. The van der Waals surface area contributed by atoms with Crippen molar-refractivity contribution < 1.29 is 18.5 Å². The van der Waals surface area contributed by atoms with Crippen LogP contribution in [0.5, 0.6) is 0 Å². The van der Waals surface area contributed by atoms with Crippen LogP contribution in [0.25, 0.3) is 0 Å². The molecule has 2 aliphatic rings. The van der Waals surface area contributed by atoms with Crippen LogP contribution in [-0.4, -0.2) is 42.2 Å². The van der Waals surface area contributed by atoms with E-state index in [-0.39, 0.29) is 17.5 Å². The molecular weight excluding hydrogens is 296 g/mol. The molecule has 4 nitrogen and oxygen atoms in total. The Morgan fingerprint density at radius 1 is 1.22 bits per heavy atom. The lowest BCUT2D eigenvalue weighted by Crippen LogP contribution is -2.41. The molecule has 0 N–H and O–H groups in total. The van der Waals surface area contributed by atoms with Crippen molar-refractivity contribution in [3.05, 3.63) is 29.6 Å². The van der Waals surface area contributed by atoms with Crippen molar-refractivity contribution in [1.29, 1.82) is 0 Å². The first-order chi connectivity index (χ1) is 10.6. The summed E-state index contributed by atoms with van der Waals surface area (Å²) in [4.78, 5) is 13.9. The van der Waals surface area contributed by atoms with Gasteiger partial charge in [0.25, 0.3) is 5.91 Å². The Morgan fingerprint density at radius 2 is 1.78 bits per heavy atom. The smallest absolute Gasteiger partial charge is 0.399 e. The molecule has 1 saturated heterocycles. The zero-order chi connectivity index (χ0) is 17.0. The van der Waals surface area contributed by atoms with Gasteiger partial charge in [0.1, 0.15) is 5.82 Å². The molecule has 3 rings (SSSR count). The maximum atomic E-state index is 14.4. The summed E-state index contributed by atoms with van der Waals surface area (Å²) in [5.41, 5.74) is -0.268. The van der Waals surface area contributed by atoms with Gasteiger partial charge in [-0.3, -0.25) is 4.79 Å². The van der Waals surface area contributed by atoms with Crippen LogP contribution in [0.4, 0.5) is 4.39 Å². The van der Waals surface area contributed by atoms with Gasteiger partial charge in [-0.1, -0.05) is 6.07 Å². The zero-order valence-corrected chi connectivity index (χ0v) is 14.4. The van der Waals surface area contributed by atoms with E-state index in [0.29, 0.717) is 5.46 Å². The molecule has 1 aliphatic carbocycles. The highest BCUT2D eigenvalue weighted by Gasteiger charge is 2.51. The summed E-state index contributed by atoms with van der Waals surface area (Å²) in [7, 11) is 1.10. The normalized spacial score (nSPS) is 22.3. The number of hydrogen-bond donors (Lipinski definition) is 0. The third kappa shape index (κ3) is 2.90. The number of amides is 1. The van der Waals surface area contributed by atoms with Crippen molar-refractivity contribution >= 4 is 18.5 Å². The second kappa shape index (κ2) is 5.31. The summed E-state index contributed by atoms with van der Waals surface area (Å²) >= 11 is 0. The van der Waals surface area contributed by atoms with E-state index >= 15 is 0 Å². The molecule has 1 amide bonds. The summed E-state index contributed by atoms with van der Waals surface area (Å²) in [6.07, 6.45) is 1.99. The van der Waals surface area contributed by atoms with Crippen LogP contribution in [0.1, 0.15) is 50.9 Å². The fourth-order valence-electron chi connectivity index (χ4n) is 2.65. The van der Waals surface area contributed by atoms with E-state index in [4.69, 9.17) is 9.31 Å². The summed E-state index contributed by atoms with van der Waals surface area (Å²) in [5.74, 6) is -0.805. The van der Waals surface area contributed by atoms with Gasteiger partial charge in [0, 0.05) is 13.1 Å². The summed E-state index contributed by atoms with van der Waals surface area (Å²) < 4.78 is 26.3. The van der Waals surface area contributed by atoms with Crippen LogP contribution < -0.4 is 5.46 Å². The van der Waals surface area contributed by atoms with Gasteiger partial charge >= 0.3 is 7.12 Å². The van der Waals surface area contributed by atoms with Crippen LogP contribution in [-0.2, 0) is 9.31 Å². The number of carbonyl (C=O) groups is 1. The third-order valence-corrected chi connectivity index (χ3v) is 5.16. The first-order valence-corrected chi connectivity index (χ1v) is 8.04. The number of rotatable bonds is 3. The number of carbonyl (C=O) groups excluding carboxylic acids is 1. The van der Waals surface area contributed by atoms with Gasteiger partial charge in [0.05, 0.1) is 16.8 Å². The molecule has 1 aromatic carbocycles. The van der Waals surface area contributed by atoms with E-state index in [1.165, 1.54) is 12.1 Å². The third-order valence-electron chi connectivity index (χ3n) is 5.16. The molecule has 1 aromatic rings. The second-order valence-electron chi connectivity index (χ2n) is 7.47. The van der Waals surface area contributed by atoms with Crippen molar-refractivity contribution in [2.24, 2.45) is 0 Å². The Kier molecular flexibility index (Phi) is 3.80. The van der Waals surface area contributed by atoms with Crippen LogP contribution in [0, 0.1) is 5.82 Å². The SMILES string of the molecule is CN(C(=O)c1ccc(B2OC(C)(C)C(C)(C)O2)cc1F)C1CC1. The minimum Gasteiger partial charge on any atom is -0.399 e. The predicted octanol–water partition coefficient (Wildman–Crippen LogP) is 2.36. The van der Waals surface area contributed by atoms with Crippen molar-refractivity contribution in [3.8, 4) is 0 Å². The average molecular weight is 319 g/mol. The first-order valence-electron chi connectivity index (χ1n) is 8.04. The molecule has 6 heteroatoms. The van der Waals surface area contributed by atoms with E-state index < -0.39 is 24.1 Å². The van der Waals surface area contributed by atoms with Gasteiger partial charge in [0.2, 0.25) is 0 Å². The largest absolute Gasteiger partial charge is 0.494 e. The van der Waals surface area contributed by atoms with E-state index in [9.17, 15) is 9.18 Å². The van der Waals surface area contributed by atoms with Crippen molar-refractivity contribution in [1.82, 2.24) is 4.90 Å². The minimum absolute atomic E-state index is 0.0969. The maximum absolute atomic E-state index is 14.4. The molecule has 1 saturated carbocycles. The van der Waals surface area contributed by atoms with Crippen LogP contribution >= 0.6 is 0 Å². The Labute approximate surface area is 137 Å². The Morgan fingerprint density at radius 3 is 2.26 bits per heavy atom. The molecule has 23 heavy (non-hydrogen) atoms. The number of hydrogen-bond acceptors (Lipinski definition) is 3. The molecule has 0 bridgehead atoms. The van der Waals surface area contributed by atoms with Crippen molar-refractivity contribution in [2.75, 3.05) is 7.05 Å². The number of halogens is 1. The quantitative estimate of drug-likeness (QED) is 0.803. The molecule has 0 radical (unpaired) electrons. The highest BCUT2D eigenvalue weighted by molar-refractivity contribution is 6.62. The topological polar surface area (TPSA) is 38.8 Å². The van der Waals surface area contributed by atoms with Gasteiger partial charge < -0.3 is 14.2 Å². The Bertz CT molecular complexity index is 627. The lowest BCUT2D eigenvalue weighted by atomic mass is 9.78.